The molecule has 0 fully saturated rings. The smallest absolute Gasteiger partial charge is 0.284 e. The van der Waals surface area contributed by atoms with E-state index in [0.717, 1.165) is 11.3 Å². The fourth-order valence-electron chi connectivity index (χ4n) is 4.21. The van der Waals surface area contributed by atoms with Gasteiger partial charge in [-0.1, -0.05) is 0 Å². The lowest BCUT2D eigenvalue weighted by Crippen LogP contribution is -2.12. The van der Waals surface area contributed by atoms with Gasteiger partial charge in [-0.15, -0.1) is 0 Å². The van der Waals surface area contributed by atoms with Gasteiger partial charge in [0.05, 0.1) is 5.52 Å². The zero-order chi connectivity index (χ0) is 27.6. The van der Waals surface area contributed by atoms with Crippen LogP contribution >= 0.6 is 0 Å². The standard InChI is InChI=1S/C29H23FN8O2/c1-18-12-19(6-8-26(18)40-22-9-11-38-27(15-22)32-17-34-38)35-28-23-13-20(5-7-25(23)31-16-33-28)36-29(39)24(30)14-21-4-3-10-37(21)2/h3-17H,1-2H3,(H,36,39)(H,31,33,35)/b24-14+. The van der Waals surface area contributed by atoms with Crippen LogP contribution in [-0.4, -0.2) is 35.0 Å². The van der Waals surface area contributed by atoms with Gasteiger partial charge < -0.3 is 19.9 Å². The summed E-state index contributed by atoms with van der Waals surface area (Å²) in [5.74, 6) is 0.129. The molecule has 0 bridgehead atoms. The molecule has 198 valence electrons. The molecule has 4 aromatic heterocycles. The summed E-state index contributed by atoms with van der Waals surface area (Å²) < 4.78 is 24.0. The molecule has 0 saturated carbocycles. The Morgan fingerprint density at radius 3 is 2.67 bits per heavy atom. The predicted molar refractivity (Wildman–Crippen MR) is 150 cm³/mol. The van der Waals surface area contributed by atoms with Gasteiger partial charge in [0.2, 0.25) is 0 Å². The lowest BCUT2D eigenvalue weighted by molar-refractivity contribution is -0.114. The minimum absolute atomic E-state index is 0.412. The van der Waals surface area contributed by atoms with Gasteiger partial charge >= 0.3 is 0 Å². The van der Waals surface area contributed by atoms with Crippen LogP contribution in [0.15, 0.2) is 91.5 Å². The van der Waals surface area contributed by atoms with Gasteiger partial charge in [0.15, 0.2) is 11.5 Å². The second kappa shape index (κ2) is 10.3. The maximum Gasteiger partial charge on any atom is 0.284 e. The molecule has 2 aromatic carbocycles. The van der Waals surface area contributed by atoms with E-state index in [1.165, 1.54) is 18.7 Å². The molecule has 0 aliphatic rings. The van der Waals surface area contributed by atoms with E-state index in [1.54, 1.807) is 58.9 Å². The summed E-state index contributed by atoms with van der Waals surface area (Å²) in [6.45, 7) is 1.94. The highest BCUT2D eigenvalue weighted by Gasteiger charge is 2.13. The first-order chi connectivity index (χ1) is 19.4. The Hall–Kier alpha value is -5.58. The Morgan fingerprint density at radius 1 is 0.975 bits per heavy atom. The SMILES string of the molecule is Cc1cc(Nc2ncnc3ccc(NC(=O)/C(F)=C\c4cccn4C)cc23)ccc1Oc1ccn2ncnc2c1. The second-order valence-electron chi connectivity index (χ2n) is 9.08. The highest BCUT2D eigenvalue weighted by atomic mass is 19.1. The number of fused-ring (bicyclic) bond motifs is 2. The Bertz CT molecular complexity index is 1910. The summed E-state index contributed by atoms with van der Waals surface area (Å²) in [6.07, 6.45) is 7.69. The van der Waals surface area contributed by atoms with Crippen LogP contribution < -0.4 is 15.4 Å². The average molecular weight is 535 g/mol. The van der Waals surface area contributed by atoms with Gasteiger partial charge in [-0.2, -0.15) is 5.10 Å². The number of halogens is 1. The van der Waals surface area contributed by atoms with E-state index in [2.05, 4.69) is 30.7 Å². The lowest BCUT2D eigenvalue weighted by atomic mass is 10.1. The molecule has 6 rings (SSSR count). The first-order valence-corrected chi connectivity index (χ1v) is 12.3. The molecule has 11 heteroatoms. The highest BCUT2D eigenvalue weighted by molar-refractivity contribution is 6.06. The van der Waals surface area contributed by atoms with E-state index >= 15 is 0 Å². The Balaban J connectivity index is 1.21. The summed E-state index contributed by atoms with van der Waals surface area (Å²) in [5.41, 5.74) is 4.02. The maximum absolute atomic E-state index is 14.5. The number of hydrogen-bond acceptors (Lipinski definition) is 7. The molecule has 0 radical (unpaired) electrons. The Labute approximate surface area is 227 Å². The molecule has 0 unspecified atom stereocenters. The number of carbonyl (C=O) groups excluding carboxylic acids is 1. The van der Waals surface area contributed by atoms with Gasteiger partial charge in [0.1, 0.15) is 30.0 Å². The van der Waals surface area contributed by atoms with Crippen molar-refractivity contribution in [3.05, 3.63) is 103 Å². The van der Waals surface area contributed by atoms with Crippen LogP contribution in [0.2, 0.25) is 0 Å². The van der Waals surface area contributed by atoms with Crippen molar-refractivity contribution in [2.24, 2.45) is 7.05 Å². The first-order valence-electron chi connectivity index (χ1n) is 12.3. The molecular formula is C29H23FN8O2. The number of aryl methyl sites for hydroxylation is 2. The third kappa shape index (κ3) is 5.07. The number of nitrogens with one attached hydrogen (secondary N) is 2. The van der Waals surface area contributed by atoms with Crippen LogP contribution in [-0.2, 0) is 11.8 Å². The number of benzene rings is 2. The third-order valence-electron chi connectivity index (χ3n) is 6.29. The minimum atomic E-state index is -0.899. The molecule has 6 aromatic rings. The van der Waals surface area contributed by atoms with Crippen molar-refractivity contribution in [3.8, 4) is 11.5 Å². The number of amides is 1. The molecule has 10 nitrogen and oxygen atoms in total. The fourth-order valence-corrected chi connectivity index (χ4v) is 4.21. The molecule has 1 amide bonds. The average Bonchev–Trinajstić information content (AvgIpc) is 3.58. The Kier molecular flexibility index (Phi) is 6.37. The normalized spacial score (nSPS) is 11.6. The number of carbonyl (C=O) groups is 1. The van der Waals surface area contributed by atoms with Crippen molar-refractivity contribution in [2.45, 2.75) is 6.92 Å². The van der Waals surface area contributed by atoms with Crippen molar-refractivity contribution < 1.29 is 13.9 Å². The molecule has 0 aliphatic carbocycles. The van der Waals surface area contributed by atoms with Crippen LogP contribution in [0.4, 0.5) is 21.6 Å². The van der Waals surface area contributed by atoms with Gasteiger partial charge in [0, 0.05) is 54.0 Å². The molecule has 40 heavy (non-hydrogen) atoms. The van der Waals surface area contributed by atoms with Gasteiger partial charge in [-0.3, -0.25) is 4.79 Å². The number of ether oxygens (including phenoxy) is 1. The van der Waals surface area contributed by atoms with Crippen LogP contribution in [0.3, 0.4) is 0 Å². The van der Waals surface area contributed by atoms with Crippen LogP contribution in [0.25, 0.3) is 22.6 Å². The molecule has 4 heterocycles. The van der Waals surface area contributed by atoms with E-state index in [4.69, 9.17) is 4.74 Å². The first kappa shape index (κ1) is 24.7. The van der Waals surface area contributed by atoms with Gasteiger partial charge in [-0.25, -0.2) is 23.9 Å². The number of anilines is 3. The van der Waals surface area contributed by atoms with Crippen molar-refractivity contribution in [1.29, 1.82) is 0 Å². The number of rotatable bonds is 7. The zero-order valence-corrected chi connectivity index (χ0v) is 21.5. The number of nitrogens with zero attached hydrogens (tertiary/aromatic N) is 6. The van der Waals surface area contributed by atoms with E-state index < -0.39 is 11.7 Å². The largest absolute Gasteiger partial charge is 0.457 e. The summed E-state index contributed by atoms with van der Waals surface area (Å²) in [6, 6.07) is 17.9. The molecule has 2 N–H and O–H groups in total. The lowest BCUT2D eigenvalue weighted by Gasteiger charge is -2.13. The van der Waals surface area contributed by atoms with Gasteiger partial charge in [0.25, 0.3) is 5.91 Å². The van der Waals surface area contributed by atoms with Crippen molar-refractivity contribution in [1.82, 2.24) is 29.1 Å². The van der Waals surface area contributed by atoms with E-state index in [1.807, 2.05) is 37.3 Å². The zero-order valence-electron chi connectivity index (χ0n) is 21.5. The summed E-state index contributed by atoms with van der Waals surface area (Å²) in [5, 5.41) is 10.7. The quantitative estimate of drug-likeness (QED) is 0.249. The monoisotopic (exact) mass is 534 g/mol. The summed E-state index contributed by atoms with van der Waals surface area (Å²) in [4.78, 5) is 25.4. The van der Waals surface area contributed by atoms with E-state index in [-0.39, 0.29) is 0 Å². The van der Waals surface area contributed by atoms with Crippen molar-refractivity contribution in [2.75, 3.05) is 10.6 Å². The number of pyridine rings is 1. The molecular weight excluding hydrogens is 511 g/mol. The number of hydrogen-bond donors (Lipinski definition) is 2. The van der Waals surface area contributed by atoms with E-state index in [0.29, 0.717) is 45.2 Å². The molecule has 0 saturated heterocycles. The second-order valence-corrected chi connectivity index (χ2v) is 9.08. The number of aromatic nitrogens is 6. The fraction of sp³-hybridized carbons (Fsp3) is 0.0690. The molecule has 0 spiro atoms. The minimum Gasteiger partial charge on any atom is -0.457 e. The summed E-state index contributed by atoms with van der Waals surface area (Å²) in [7, 11) is 1.77. The van der Waals surface area contributed by atoms with Crippen molar-refractivity contribution in [3.63, 3.8) is 0 Å². The Morgan fingerprint density at radius 2 is 1.85 bits per heavy atom. The summed E-state index contributed by atoms with van der Waals surface area (Å²) >= 11 is 0. The third-order valence-corrected chi connectivity index (χ3v) is 6.29. The molecule has 0 atom stereocenters. The predicted octanol–water partition coefficient (Wildman–Crippen LogP) is 5.80. The van der Waals surface area contributed by atoms with E-state index in [9.17, 15) is 9.18 Å². The maximum atomic E-state index is 14.5. The van der Waals surface area contributed by atoms with Gasteiger partial charge in [-0.05, 0) is 67.1 Å². The highest BCUT2D eigenvalue weighted by Crippen LogP contribution is 2.31. The van der Waals surface area contributed by atoms with Crippen LogP contribution in [0, 0.1) is 6.92 Å². The molecule has 0 aliphatic heterocycles. The van der Waals surface area contributed by atoms with Crippen LogP contribution in [0.1, 0.15) is 11.3 Å². The topological polar surface area (TPSA) is 111 Å². The van der Waals surface area contributed by atoms with Crippen LogP contribution in [0.5, 0.6) is 11.5 Å². The van der Waals surface area contributed by atoms with Crippen molar-refractivity contribution >= 4 is 45.7 Å².